The highest BCUT2D eigenvalue weighted by Gasteiger charge is 2.51. The van der Waals surface area contributed by atoms with E-state index in [0.717, 1.165) is 23.8 Å². The van der Waals surface area contributed by atoms with Crippen molar-refractivity contribution in [1.82, 2.24) is 10.2 Å². The van der Waals surface area contributed by atoms with E-state index in [0.29, 0.717) is 25.0 Å². The number of ether oxygens (including phenoxy) is 1. The van der Waals surface area contributed by atoms with Crippen LogP contribution in [0.1, 0.15) is 52.0 Å². The van der Waals surface area contributed by atoms with Crippen LogP contribution in [-0.2, 0) is 36.2 Å². The molecule has 234 valence electrons. The molecule has 0 aliphatic heterocycles. The Kier molecular flexibility index (Phi) is 10.1. The molecule has 1 N–H and O–H groups in total. The summed E-state index contributed by atoms with van der Waals surface area (Å²) in [6.07, 6.45) is 1.42. The first-order valence-electron chi connectivity index (χ1n) is 11.8. The zero-order valence-corrected chi connectivity index (χ0v) is 23.8. The number of rotatable bonds is 9. The maximum atomic E-state index is 13.2. The average molecular weight is 643 g/mol. The van der Waals surface area contributed by atoms with Crippen LogP contribution >= 0.6 is 0 Å². The Morgan fingerprint density at radius 1 is 0.927 bits per heavy atom. The molecule has 0 heterocycles. The Labute approximate surface area is 232 Å². The van der Waals surface area contributed by atoms with Crippen LogP contribution in [0.2, 0.25) is 0 Å². The predicted octanol–water partition coefficient (Wildman–Crippen LogP) is 3.98. The number of hydrogen-bond donors (Lipinski definition) is 1. The van der Waals surface area contributed by atoms with Gasteiger partial charge in [-0.25, -0.2) is 4.79 Å². The van der Waals surface area contributed by atoms with E-state index in [4.69, 9.17) is 4.74 Å². The lowest BCUT2D eigenvalue weighted by Crippen LogP contribution is -2.52. The third-order valence-corrected chi connectivity index (χ3v) is 7.49. The molecule has 1 aromatic rings. The molecular weight excluding hydrogens is 614 g/mol. The van der Waals surface area contributed by atoms with Gasteiger partial charge in [0.15, 0.2) is 11.5 Å². The van der Waals surface area contributed by atoms with Gasteiger partial charge in [-0.2, -0.15) is 43.2 Å². The van der Waals surface area contributed by atoms with Crippen LogP contribution in [0.4, 0.5) is 31.1 Å². The van der Waals surface area contributed by atoms with E-state index in [1.807, 2.05) is 0 Å². The first kappa shape index (κ1) is 34.2. The molecule has 0 aromatic heterocycles. The first-order valence-corrected chi connectivity index (χ1v) is 14.7. The second-order valence-electron chi connectivity index (χ2n) is 10.0. The van der Waals surface area contributed by atoms with Crippen molar-refractivity contribution in [2.75, 3.05) is 7.05 Å². The molecule has 1 aromatic carbocycles. The minimum absolute atomic E-state index is 0.240. The molecule has 1 atom stereocenters. The first-order chi connectivity index (χ1) is 18.4. The average Bonchev–Trinajstić information content (AvgIpc) is 3.28. The number of likely N-dealkylation sites (N-methyl/N-ethyl adjacent to an activating group) is 1. The highest BCUT2D eigenvalue weighted by Crippen LogP contribution is 2.37. The zero-order chi connectivity index (χ0) is 31.6. The van der Waals surface area contributed by atoms with Gasteiger partial charge in [0.25, 0.3) is 0 Å². The predicted molar refractivity (Wildman–Crippen MR) is 130 cm³/mol. The summed E-state index contributed by atoms with van der Waals surface area (Å²) in [5, 5.41) is 2.74. The van der Waals surface area contributed by atoms with Crippen molar-refractivity contribution in [3.8, 4) is 11.5 Å². The Morgan fingerprint density at radius 2 is 1.41 bits per heavy atom. The molecule has 1 saturated carbocycles. The number of alkyl halides is 6. The van der Waals surface area contributed by atoms with Gasteiger partial charge in [0, 0.05) is 19.5 Å². The van der Waals surface area contributed by atoms with Crippen molar-refractivity contribution < 1.29 is 65.9 Å². The van der Waals surface area contributed by atoms with Gasteiger partial charge in [-0.15, -0.1) is 0 Å². The van der Waals surface area contributed by atoms with Gasteiger partial charge in [-0.3, -0.25) is 9.69 Å². The monoisotopic (exact) mass is 642 g/mol. The molecule has 2 rings (SSSR count). The van der Waals surface area contributed by atoms with Crippen LogP contribution in [0, 0.1) is 0 Å². The topological polar surface area (TPSA) is 145 Å². The molecule has 1 fully saturated rings. The quantitative estimate of drug-likeness (QED) is 0.240. The summed E-state index contributed by atoms with van der Waals surface area (Å²) in [4.78, 5) is 26.7. The standard InChI is InChI=1S/C22H28F6N2O9S2/c1-20(2,3)37-19(32)30(4)15(18(31)29-14-7-5-6-8-14)11-13-9-10-16(38-40(33,34)21(23,24)25)17(12-13)39-41(35,36)22(26,27)28/h9-10,12,14-15H,5-8,11H2,1-4H3,(H,29,31)/t15-/m0/s1. The third-order valence-electron chi connectivity index (χ3n) is 5.56. The highest BCUT2D eigenvalue weighted by molar-refractivity contribution is 7.88. The fourth-order valence-electron chi connectivity index (χ4n) is 3.60. The summed E-state index contributed by atoms with van der Waals surface area (Å²) >= 11 is 0. The SMILES string of the molecule is CN(C(=O)OC(C)(C)C)[C@@H](Cc1ccc(OS(=O)(=O)C(F)(F)F)c(OS(=O)(=O)C(F)(F)F)c1)C(=O)NC1CCCC1. The third kappa shape index (κ3) is 9.27. The molecule has 0 unspecified atom stereocenters. The number of nitrogens with zero attached hydrogens (tertiary/aromatic N) is 1. The van der Waals surface area contributed by atoms with Crippen LogP contribution in [0.15, 0.2) is 18.2 Å². The summed E-state index contributed by atoms with van der Waals surface area (Å²) in [6.45, 7) is 4.64. The van der Waals surface area contributed by atoms with Crippen molar-refractivity contribution in [2.45, 2.75) is 81.6 Å². The van der Waals surface area contributed by atoms with E-state index in [1.54, 1.807) is 20.8 Å². The molecule has 2 amide bonds. The van der Waals surface area contributed by atoms with Crippen molar-refractivity contribution in [3.05, 3.63) is 23.8 Å². The van der Waals surface area contributed by atoms with E-state index >= 15 is 0 Å². The fraction of sp³-hybridized carbons (Fsp3) is 0.636. The van der Waals surface area contributed by atoms with Crippen molar-refractivity contribution >= 4 is 32.2 Å². The molecule has 0 bridgehead atoms. The number of carbonyl (C=O) groups is 2. The van der Waals surface area contributed by atoms with Crippen molar-refractivity contribution in [3.63, 3.8) is 0 Å². The molecule has 11 nitrogen and oxygen atoms in total. The fourth-order valence-corrected chi connectivity index (χ4v) is 4.53. The molecule has 0 spiro atoms. The molecule has 19 heteroatoms. The van der Waals surface area contributed by atoms with Crippen LogP contribution in [0.5, 0.6) is 11.5 Å². The van der Waals surface area contributed by atoms with Gasteiger partial charge < -0.3 is 18.4 Å². The second-order valence-corrected chi connectivity index (χ2v) is 13.1. The van der Waals surface area contributed by atoms with E-state index in [2.05, 4.69) is 13.7 Å². The normalized spacial score (nSPS) is 16.1. The molecule has 41 heavy (non-hydrogen) atoms. The van der Waals surface area contributed by atoms with Gasteiger partial charge in [0.05, 0.1) is 0 Å². The van der Waals surface area contributed by atoms with Crippen molar-refractivity contribution in [2.24, 2.45) is 0 Å². The van der Waals surface area contributed by atoms with Crippen LogP contribution < -0.4 is 13.7 Å². The Bertz CT molecular complexity index is 1330. The summed E-state index contributed by atoms with van der Waals surface area (Å²) in [5.74, 6) is -3.82. The second kappa shape index (κ2) is 12.1. The van der Waals surface area contributed by atoms with E-state index in [9.17, 15) is 52.8 Å². The van der Waals surface area contributed by atoms with Crippen LogP contribution in [0.3, 0.4) is 0 Å². The number of benzene rings is 1. The number of amides is 2. The zero-order valence-electron chi connectivity index (χ0n) is 22.1. The molecule has 0 radical (unpaired) electrons. The number of halogens is 6. The lowest BCUT2D eigenvalue weighted by atomic mass is 10.0. The maximum absolute atomic E-state index is 13.2. The van der Waals surface area contributed by atoms with E-state index in [-0.39, 0.29) is 11.6 Å². The smallest absolute Gasteiger partial charge is 0.444 e. The minimum atomic E-state index is -6.51. The molecule has 1 aliphatic rings. The van der Waals surface area contributed by atoms with Gasteiger partial charge in [0.1, 0.15) is 11.6 Å². The lowest BCUT2D eigenvalue weighted by Gasteiger charge is -2.31. The van der Waals surface area contributed by atoms with Crippen molar-refractivity contribution in [1.29, 1.82) is 0 Å². The number of carbonyl (C=O) groups excluding carboxylic acids is 2. The Hall–Kier alpha value is -2.96. The molecule has 1 aliphatic carbocycles. The largest absolute Gasteiger partial charge is 0.534 e. The van der Waals surface area contributed by atoms with Crippen LogP contribution in [0.25, 0.3) is 0 Å². The summed E-state index contributed by atoms with van der Waals surface area (Å²) in [5.41, 5.74) is -13.3. The summed E-state index contributed by atoms with van der Waals surface area (Å²) in [7, 11) is -11.8. The maximum Gasteiger partial charge on any atom is 0.534 e. The lowest BCUT2D eigenvalue weighted by molar-refractivity contribution is -0.126. The van der Waals surface area contributed by atoms with Crippen LogP contribution in [-0.4, -0.2) is 69.5 Å². The summed E-state index contributed by atoms with van der Waals surface area (Å²) < 4.78 is 136. The Morgan fingerprint density at radius 3 is 1.88 bits per heavy atom. The van der Waals surface area contributed by atoms with Gasteiger partial charge in [-0.05, 0) is 51.3 Å². The van der Waals surface area contributed by atoms with Gasteiger partial charge >= 0.3 is 37.3 Å². The van der Waals surface area contributed by atoms with E-state index in [1.165, 1.54) is 7.05 Å². The molecule has 0 saturated heterocycles. The van der Waals surface area contributed by atoms with E-state index < -0.39 is 72.8 Å². The highest BCUT2D eigenvalue weighted by atomic mass is 32.2. The van der Waals surface area contributed by atoms with Gasteiger partial charge in [-0.1, -0.05) is 18.9 Å². The number of hydrogen-bond acceptors (Lipinski definition) is 9. The Balaban J connectivity index is 2.54. The minimum Gasteiger partial charge on any atom is -0.444 e. The van der Waals surface area contributed by atoms with Gasteiger partial charge in [0.2, 0.25) is 5.91 Å². The number of nitrogens with one attached hydrogen (secondary N) is 1. The molecular formula is C22H28F6N2O9S2. The summed E-state index contributed by atoms with van der Waals surface area (Å²) in [6, 6.07) is 0.0646.